The van der Waals surface area contributed by atoms with Crippen molar-refractivity contribution in [1.29, 1.82) is 0 Å². The molecule has 0 radical (unpaired) electrons. The number of aromatic nitrogens is 1. The van der Waals surface area contributed by atoms with Gasteiger partial charge in [-0.05, 0) is 63.1 Å². The topological polar surface area (TPSA) is 57.4 Å². The molecular weight excluding hydrogens is 264 g/mol. The SMILES string of the molecule is Cc1cc(C(N)C2CCOC3(CCOCC3)C2)cc(C)n1. The number of nitrogens with zero attached hydrogens (tertiary/aromatic N) is 1. The second-order valence-electron chi connectivity index (χ2n) is 6.61. The Morgan fingerprint density at radius 1 is 1.19 bits per heavy atom. The Labute approximate surface area is 127 Å². The van der Waals surface area contributed by atoms with Crippen LogP contribution in [-0.2, 0) is 9.47 Å². The summed E-state index contributed by atoms with van der Waals surface area (Å²) in [5, 5.41) is 0. The van der Waals surface area contributed by atoms with Crippen LogP contribution in [-0.4, -0.2) is 30.4 Å². The summed E-state index contributed by atoms with van der Waals surface area (Å²) in [5.41, 5.74) is 9.91. The van der Waals surface area contributed by atoms with E-state index < -0.39 is 0 Å². The van der Waals surface area contributed by atoms with Crippen molar-refractivity contribution in [3.63, 3.8) is 0 Å². The smallest absolute Gasteiger partial charge is 0.0729 e. The van der Waals surface area contributed by atoms with Crippen LogP contribution in [0.5, 0.6) is 0 Å². The van der Waals surface area contributed by atoms with E-state index in [2.05, 4.69) is 17.1 Å². The van der Waals surface area contributed by atoms with E-state index in [1.807, 2.05) is 13.8 Å². The van der Waals surface area contributed by atoms with Gasteiger partial charge in [0.2, 0.25) is 0 Å². The number of hydrogen-bond donors (Lipinski definition) is 1. The highest BCUT2D eigenvalue weighted by atomic mass is 16.5. The molecule has 2 unspecified atom stereocenters. The molecule has 0 aromatic carbocycles. The highest BCUT2D eigenvalue weighted by Gasteiger charge is 2.40. The minimum atomic E-state index is 0.00983. The van der Waals surface area contributed by atoms with E-state index in [9.17, 15) is 0 Å². The maximum absolute atomic E-state index is 6.58. The lowest BCUT2D eigenvalue weighted by Crippen LogP contribution is -2.46. The van der Waals surface area contributed by atoms with Crippen molar-refractivity contribution >= 4 is 0 Å². The number of ether oxygens (including phenoxy) is 2. The Kier molecular flexibility index (Phi) is 4.29. The van der Waals surface area contributed by atoms with Crippen molar-refractivity contribution < 1.29 is 9.47 Å². The van der Waals surface area contributed by atoms with Crippen LogP contribution in [0.3, 0.4) is 0 Å². The molecule has 0 saturated carbocycles. The summed E-state index contributed by atoms with van der Waals surface area (Å²) in [4.78, 5) is 4.45. The highest BCUT2D eigenvalue weighted by Crippen LogP contribution is 2.41. The van der Waals surface area contributed by atoms with Crippen LogP contribution in [0.15, 0.2) is 12.1 Å². The first-order valence-corrected chi connectivity index (χ1v) is 8.00. The summed E-state index contributed by atoms with van der Waals surface area (Å²) in [6.45, 7) is 6.52. The van der Waals surface area contributed by atoms with Crippen molar-refractivity contribution in [3.05, 3.63) is 29.1 Å². The first kappa shape index (κ1) is 14.9. The van der Waals surface area contributed by atoms with Crippen LogP contribution < -0.4 is 5.73 Å². The van der Waals surface area contributed by atoms with Gasteiger partial charge in [0, 0.05) is 37.3 Å². The van der Waals surface area contributed by atoms with Crippen LogP contribution in [0.4, 0.5) is 0 Å². The molecule has 2 saturated heterocycles. The molecule has 2 aliphatic heterocycles. The molecule has 0 amide bonds. The van der Waals surface area contributed by atoms with Gasteiger partial charge in [-0.2, -0.15) is 0 Å². The predicted octanol–water partition coefficient (Wildman–Crippen LogP) is 2.67. The third-order valence-electron chi connectivity index (χ3n) is 4.93. The normalized spacial score (nSPS) is 26.7. The molecule has 0 aliphatic carbocycles. The fraction of sp³-hybridized carbons (Fsp3) is 0.706. The van der Waals surface area contributed by atoms with Gasteiger partial charge >= 0.3 is 0 Å². The molecule has 4 nitrogen and oxygen atoms in total. The van der Waals surface area contributed by atoms with Gasteiger partial charge in [-0.15, -0.1) is 0 Å². The van der Waals surface area contributed by atoms with Crippen molar-refractivity contribution in [2.45, 2.75) is 51.2 Å². The predicted molar refractivity (Wildman–Crippen MR) is 82.1 cm³/mol. The molecule has 0 bridgehead atoms. The molecule has 21 heavy (non-hydrogen) atoms. The second kappa shape index (κ2) is 6.03. The average molecular weight is 290 g/mol. The lowest BCUT2D eigenvalue weighted by atomic mass is 9.76. The minimum Gasteiger partial charge on any atom is -0.381 e. The first-order valence-electron chi connectivity index (χ1n) is 8.00. The Morgan fingerprint density at radius 2 is 1.86 bits per heavy atom. The Hall–Kier alpha value is -0.970. The summed E-state index contributed by atoms with van der Waals surface area (Å²) in [7, 11) is 0. The Balaban J connectivity index is 1.76. The molecule has 3 heterocycles. The summed E-state index contributed by atoms with van der Waals surface area (Å²) in [6.07, 6.45) is 4.11. The molecule has 1 aromatic heterocycles. The quantitative estimate of drug-likeness (QED) is 0.910. The Bertz CT molecular complexity index is 472. The van der Waals surface area contributed by atoms with E-state index in [4.69, 9.17) is 15.2 Å². The van der Waals surface area contributed by atoms with Crippen molar-refractivity contribution in [3.8, 4) is 0 Å². The molecular formula is C17H26N2O2. The van der Waals surface area contributed by atoms with Crippen molar-refractivity contribution in [2.24, 2.45) is 11.7 Å². The van der Waals surface area contributed by atoms with Crippen LogP contribution in [0, 0.1) is 19.8 Å². The van der Waals surface area contributed by atoms with E-state index in [1.165, 1.54) is 5.56 Å². The second-order valence-corrected chi connectivity index (χ2v) is 6.61. The summed E-state index contributed by atoms with van der Waals surface area (Å²) < 4.78 is 11.6. The average Bonchev–Trinajstić information content (AvgIpc) is 2.46. The van der Waals surface area contributed by atoms with Gasteiger partial charge < -0.3 is 15.2 Å². The van der Waals surface area contributed by atoms with Crippen LogP contribution in [0.25, 0.3) is 0 Å². The summed E-state index contributed by atoms with van der Waals surface area (Å²) >= 11 is 0. The molecule has 4 heteroatoms. The van der Waals surface area contributed by atoms with Crippen LogP contribution in [0.1, 0.15) is 48.7 Å². The van der Waals surface area contributed by atoms with Crippen molar-refractivity contribution in [1.82, 2.24) is 4.98 Å². The van der Waals surface area contributed by atoms with Gasteiger partial charge in [0.15, 0.2) is 0 Å². The largest absolute Gasteiger partial charge is 0.381 e. The standard InChI is InChI=1S/C17H26N2O2/c1-12-9-15(10-13(2)19-12)16(18)14-3-6-21-17(11-14)4-7-20-8-5-17/h9-10,14,16H,3-8,11,18H2,1-2H3. The van der Waals surface area contributed by atoms with E-state index in [1.54, 1.807) is 0 Å². The summed E-state index contributed by atoms with van der Waals surface area (Å²) in [5.74, 6) is 0.484. The minimum absolute atomic E-state index is 0.00983. The molecule has 116 valence electrons. The lowest BCUT2D eigenvalue weighted by molar-refractivity contribution is -0.149. The number of rotatable bonds is 2. The maximum Gasteiger partial charge on any atom is 0.0729 e. The number of aryl methyl sites for hydroxylation is 2. The lowest BCUT2D eigenvalue weighted by Gasteiger charge is -2.44. The van der Waals surface area contributed by atoms with Gasteiger partial charge in [0.05, 0.1) is 5.60 Å². The van der Waals surface area contributed by atoms with Gasteiger partial charge in [-0.25, -0.2) is 0 Å². The number of hydrogen-bond acceptors (Lipinski definition) is 4. The van der Waals surface area contributed by atoms with Gasteiger partial charge in [-0.1, -0.05) is 0 Å². The zero-order chi connectivity index (χ0) is 14.9. The van der Waals surface area contributed by atoms with E-state index >= 15 is 0 Å². The zero-order valence-corrected chi connectivity index (χ0v) is 13.1. The van der Waals surface area contributed by atoms with E-state index in [0.29, 0.717) is 5.92 Å². The fourth-order valence-corrected chi connectivity index (χ4v) is 3.80. The molecule has 1 spiro atoms. The molecule has 2 N–H and O–H groups in total. The third-order valence-corrected chi connectivity index (χ3v) is 4.93. The molecule has 3 rings (SSSR count). The first-order chi connectivity index (χ1) is 10.1. The van der Waals surface area contributed by atoms with Crippen molar-refractivity contribution in [2.75, 3.05) is 19.8 Å². The van der Waals surface area contributed by atoms with Gasteiger partial charge in [-0.3, -0.25) is 4.98 Å². The number of pyridine rings is 1. The fourth-order valence-electron chi connectivity index (χ4n) is 3.80. The molecule has 2 atom stereocenters. The van der Waals surface area contributed by atoms with Gasteiger partial charge in [0.1, 0.15) is 0 Å². The van der Waals surface area contributed by atoms with Crippen LogP contribution in [0.2, 0.25) is 0 Å². The third kappa shape index (κ3) is 3.28. The molecule has 2 fully saturated rings. The van der Waals surface area contributed by atoms with Gasteiger partial charge in [0.25, 0.3) is 0 Å². The monoisotopic (exact) mass is 290 g/mol. The summed E-state index contributed by atoms with van der Waals surface area (Å²) in [6, 6.07) is 4.34. The zero-order valence-electron chi connectivity index (χ0n) is 13.1. The molecule has 1 aromatic rings. The van der Waals surface area contributed by atoms with E-state index in [0.717, 1.165) is 56.9 Å². The Morgan fingerprint density at radius 3 is 2.52 bits per heavy atom. The highest BCUT2D eigenvalue weighted by molar-refractivity contribution is 5.24. The number of nitrogens with two attached hydrogens (primary N) is 1. The molecule has 2 aliphatic rings. The van der Waals surface area contributed by atoms with E-state index in [-0.39, 0.29) is 11.6 Å². The maximum atomic E-state index is 6.58. The van der Waals surface area contributed by atoms with Crippen LogP contribution >= 0.6 is 0 Å².